The van der Waals surface area contributed by atoms with E-state index >= 15 is 0 Å². The minimum Gasteiger partial charge on any atom is -0.369 e. The molecule has 148 valence electrons. The smallest absolute Gasteiger partial charge is 0.223 e. The summed E-state index contributed by atoms with van der Waals surface area (Å²) >= 11 is 1.81. The molecular weight excluding hydrogens is 368 g/mol. The summed E-state index contributed by atoms with van der Waals surface area (Å²) in [5.74, 6) is 1.04. The van der Waals surface area contributed by atoms with Crippen molar-refractivity contribution in [2.75, 3.05) is 36.8 Å². The lowest BCUT2D eigenvalue weighted by Gasteiger charge is -2.43. The molecule has 2 atom stereocenters. The first-order valence-electron chi connectivity index (χ1n) is 9.96. The summed E-state index contributed by atoms with van der Waals surface area (Å²) in [7, 11) is 0. The molecule has 2 aliphatic rings. The van der Waals surface area contributed by atoms with Gasteiger partial charge in [0.15, 0.2) is 0 Å². The number of para-hydroxylation sites is 1. The average molecular weight is 397 g/mol. The first-order chi connectivity index (χ1) is 13.7. The summed E-state index contributed by atoms with van der Waals surface area (Å²) in [6.07, 6.45) is 0.474. The molecule has 6 heteroatoms. The van der Waals surface area contributed by atoms with Crippen molar-refractivity contribution in [1.82, 2.24) is 15.5 Å². The van der Waals surface area contributed by atoms with Crippen LogP contribution in [0.2, 0.25) is 0 Å². The van der Waals surface area contributed by atoms with Crippen LogP contribution in [-0.2, 0) is 4.79 Å². The molecule has 5 nitrogen and oxygen atoms in total. The van der Waals surface area contributed by atoms with Gasteiger partial charge in [0.05, 0.1) is 0 Å². The average Bonchev–Trinajstić information content (AvgIpc) is 2.74. The minimum atomic E-state index is -0.0669. The van der Waals surface area contributed by atoms with Crippen LogP contribution in [0, 0.1) is 6.92 Å². The number of hydrogen-bond acceptors (Lipinski definition) is 5. The van der Waals surface area contributed by atoms with E-state index in [9.17, 15) is 4.79 Å². The molecule has 2 aromatic rings. The van der Waals surface area contributed by atoms with Crippen LogP contribution in [0.4, 0.5) is 5.69 Å². The molecule has 1 amide bonds. The lowest BCUT2D eigenvalue weighted by Crippen LogP contribution is -2.67. The Morgan fingerprint density at radius 3 is 2.43 bits per heavy atom. The number of anilines is 1. The maximum absolute atomic E-state index is 12.3. The Morgan fingerprint density at radius 2 is 1.71 bits per heavy atom. The largest absolute Gasteiger partial charge is 0.369 e. The van der Waals surface area contributed by atoms with E-state index in [2.05, 4.69) is 82.0 Å². The van der Waals surface area contributed by atoms with Crippen molar-refractivity contribution in [3.8, 4) is 0 Å². The zero-order valence-electron chi connectivity index (χ0n) is 16.3. The minimum absolute atomic E-state index is 0.0669. The van der Waals surface area contributed by atoms with Gasteiger partial charge in [-0.1, -0.05) is 35.9 Å². The predicted octanol–water partition coefficient (Wildman–Crippen LogP) is 2.67. The number of amides is 1. The maximum atomic E-state index is 12.3. The third kappa shape index (κ3) is 4.87. The third-order valence-corrected chi connectivity index (χ3v) is 6.57. The molecule has 2 aromatic carbocycles. The number of hydrogen-bond donors (Lipinski definition) is 2. The quantitative estimate of drug-likeness (QED) is 0.761. The van der Waals surface area contributed by atoms with E-state index in [4.69, 9.17) is 0 Å². The van der Waals surface area contributed by atoms with E-state index in [1.807, 2.05) is 11.8 Å². The van der Waals surface area contributed by atoms with Gasteiger partial charge in [-0.05, 0) is 31.2 Å². The Bertz CT molecular complexity index is 775. The van der Waals surface area contributed by atoms with Crippen LogP contribution in [-0.4, -0.2) is 55.1 Å². The number of rotatable bonds is 5. The first kappa shape index (κ1) is 19.3. The summed E-state index contributed by atoms with van der Waals surface area (Å²) in [6.45, 7) is 5.92. The highest BCUT2D eigenvalue weighted by Crippen LogP contribution is 2.22. The molecule has 4 rings (SSSR count). The van der Waals surface area contributed by atoms with Crippen molar-refractivity contribution in [3.05, 3.63) is 60.2 Å². The predicted molar refractivity (Wildman–Crippen MR) is 116 cm³/mol. The van der Waals surface area contributed by atoms with Crippen LogP contribution in [0.5, 0.6) is 0 Å². The summed E-state index contributed by atoms with van der Waals surface area (Å²) in [5, 5.41) is 6.77. The van der Waals surface area contributed by atoms with Gasteiger partial charge in [-0.3, -0.25) is 15.0 Å². The zero-order chi connectivity index (χ0) is 19.3. The number of benzene rings is 2. The van der Waals surface area contributed by atoms with Gasteiger partial charge in [0.1, 0.15) is 6.29 Å². The molecule has 2 fully saturated rings. The van der Waals surface area contributed by atoms with Crippen molar-refractivity contribution in [2.24, 2.45) is 0 Å². The fourth-order valence-electron chi connectivity index (χ4n) is 3.77. The van der Waals surface area contributed by atoms with Crippen molar-refractivity contribution in [3.63, 3.8) is 0 Å². The Morgan fingerprint density at radius 1 is 1.00 bits per heavy atom. The molecule has 2 saturated heterocycles. The molecular formula is C22H28N4OS. The first-order valence-corrected chi connectivity index (χ1v) is 10.9. The van der Waals surface area contributed by atoms with Gasteiger partial charge in [-0.2, -0.15) is 0 Å². The highest BCUT2D eigenvalue weighted by Gasteiger charge is 2.31. The monoisotopic (exact) mass is 396 g/mol. The second-order valence-corrected chi connectivity index (χ2v) is 8.61. The number of piperazine rings is 1. The van der Waals surface area contributed by atoms with E-state index in [1.165, 1.54) is 16.1 Å². The summed E-state index contributed by atoms with van der Waals surface area (Å²) in [4.78, 5) is 18.3. The van der Waals surface area contributed by atoms with Gasteiger partial charge in [-0.15, -0.1) is 11.8 Å². The zero-order valence-corrected chi connectivity index (χ0v) is 17.1. The van der Waals surface area contributed by atoms with E-state index in [-0.39, 0.29) is 18.2 Å². The Balaban J connectivity index is 1.30. The Kier molecular flexibility index (Phi) is 6.20. The SMILES string of the molecule is Cc1ccc(SCC2CC(=O)NC(N3CCN(c4ccccc4)CC3)N2)cc1. The molecule has 2 heterocycles. The van der Waals surface area contributed by atoms with Crippen LogP contribution in [0.25, 0.3) is 0 Å². The number of carbonyl (C=O) groups excluding carboxylic acids is 1. The van der Waals surface area contributed by atoms with E-state index in [1.54, 1.807) is 0 Å². The molecule has 0 bridgehead atoms. The Labute approximate surface area is 171 Å². The molecule has 2 aliphatic heterocycles. The van der Waals surface area contributed by atoms with Gasteiger partial charge in [0.2, 0.25) is 5.91 Å². The molecule has 28 heavy (non-hydrogen) atoms. The topological polar surface area (TPSA) is 47.6 Å². The van der Waals surface area contributed by atoms with Gasteiger partial charge in [0, 0.05) is 55.0 Å². The van der Waals surface area contributed by atoms with Crippen LogP contribution < -0.4 is 15.5 Å². The van der Waals surface area contributed by atoms with Crippen molar-refractivity contribution in [2.45, 2.75) is 30.6 Å². The molecule has 2 unspecified atom stereocenters. The van der Waals surface area contributed by atoms with Crippen molar-refractivity contribution in [1.29, 1.82) is 0 Å². The number of aryl methyl sites for hydroxylation is 1. The van der Waals surface area contributed by atoms with Crippen LogP contribution in [0.3, 0.4) is 0 Å². The van der Waals surface area contributed by atoms with E-state index < -0.39 is 0 Å². The molecule has 0 spiro atoms. The van der Waals surface area contributed by atoms with Crippen molar-refractivity contribution < 1.29 is 4.79 Å². The standard InChI is InChI=1S/C22H28N4OS/c1-17-7-9-20(10-8-17)28-16-18-15-21(27)24-22(23-18)26-13-11-25(12-14-26)19-5-3-2-4-6-19/h2-10,18,22-23H,11-16H2,1H3,(H,24,27). The third-order valence-electron chi connectivity index (χ3n) is 5.40. The molecule has 0 radical (unpaired) electrons. The van der Waals surface area contributed by atoms with Gasteiger partial charge in [0.25, 0.3) is 0 Å². The summed E-state index contributed by atoms with van der Waals surface area (Å²) < 4.78 is 0. The number of nitrogens with one attached hydrogen (secondary N) is 2. The number of thioether (sulfide) groups is 1. The van der Waals surface area contributed by atoms with Crippen LogP contribution in [0.15, 0.2) is 59.5 Å². The maximum Gasteiger partial charge on any atom is 0.223 e. The van der Waals surface area contributed by atoms with E-state index in [0.29, 0.717) is 6.42 Å². The summed E-state index contributed by atoms with van der Waals surface area (Å²) in [6, 6.07) is 19.3. The normalized spacial score (nSPS) is 23.5. The van der Waals surface area contributed by atoms with Gasteiger partial charge >= 0.3 is 0 Å². The van der Waals surface area contributed by atoms with Crippen LogP contribution in [0.1, 0.15) is 12.0 Å². The fourth-order valence-corrected chi connectivity index (χ4v) is 4.71. The molecule has 2 N–H and O–H groups in total. The Hall–Kier alpha value is -2.02. The van der Waals surface area contributed by atoms with Crippen LogP contribution >= 0.6 is 11.8 Å². The molecule has 0 aliphatic carbocycles. The molecule has 0 saturated carbocycles. The molecule has 0 aromatic heterocycles. The highest BCUT2D eigenvalue weighted by molar-refractivity contribution is 7.99. The lowest BCUT2D eigenvalue weighted by atomic mass is 10.1. The van der Waals surface area contributed by atoms with Crippen molar-refractivity contribution >= 4 is 23.4 Å². The number of carbonyl (C=O) groups is 1. The second kappa shape index (κ2) is 8.99. The number of nitrogens with zero attached hydrogens (tertiary/aromatic N) is 2. The van der Waals surface area contributed by atoms with Gasteiger partial charge < -0.3 is 10.2 Å². The summed E-state index contributed by atoms with van der Waals surface area (Å²) in [5.41, 5.74) is 2.55. The van der Waals surface area contributed by atoms with E-state index in [0.717, 1.165) is 31.9 Å². The highest BCUT2D eigenvalue weighted by atomic mass is 32.2. The second-order valence-electron chi connectivity index (χ2n) is 7.52. The van der Waals surface area contributed by atoms with Gasteiger partial charge in [-0.25, -0.2) is 0 Å². The lowest BCUT2D eigenvalue weighted by molar-refractivity contribution is -0.126. The fraction of sp³-hybridized carbons (Fsp3) is 0.409.